The lowest BCUT2D eigenvalue weighted by atomic mass is 10.2. The van der Waals surface area contributed by atoms with Gasteiger partial charge in [-0.25, -0.2) is 0 Å². The van der Waals surface area contributed by atoms with E-state index in [-0.39, 0.29) is 15.8 Å². The van der Waals surface area contributed by atoms with Crippen molar-refractivity contribution in [2.75, 3.05) is 0 Å². The van der Waals surface area contributed by atoms with Crippen molar-refractivity contribution in [2.24, 2.45) is 0 Å². The Bertz CT molecular complexity index is 514. The van der Waals surface area contributed by atoms with Gasteiger partial charge in [-0.05, 0) is 18.1 Å². The van der Waals surface area contributed by atoms with Crippen molar-refractivity contribution < 1.29 is 13.7 Å². The smallest absolute Gasteiger partial charge is 0.310 e. The first-order valence-electron chi connectivity index (χ1n) is 5.78. The van der Waals surface area contributed by atoms with Crippen molar-refractivity contribution in [3.05, 3.63) is 33.1 Å². The molecule has 0 saturated heterocycles. The zero-order chi connectivity index (χ0) is 15.0. The minimum absolute atomic E-state index is 0.0668. The molecule has 19 heavy (non-hydrogen) atoms. The predicted molar refractivity (Wildman–Crippen MR) is 75.9 cm³/mol. The second kappa shape index (κ2) is 5.09. The number of rotatable bonds is 3. The summed E-state index contributed by atoms with van der Waals surface area (Å²) in [6.45, 7) is 10.1. The van der Waals surface area contributed by atoms with Crippen LogP contribution in [-0.4, -0.2) is 13.2 Å². The lowest BCUT2D eigenvalue weighted by molar-refractivity contribution is -0.387. The normalized spacial score (nSPS) is 12.4. The number of nitro groups is 1. The first-order chi connectivity index (χ1) is 8.45. The maximum absolute atomic E-state index is 13.5. The minimum atomic E-state index is -2.15. The summed E-state index contributed by atoms with van der Waals surface area (Å²) in [6, 6.07) is 2.37. The van der Waals surface area contributed by atoms with Gasteiger partial charge in [0.2, 0.25) is 14.1 Å². The van der Waals surface area contributed by atoms with E-state index in [0.717, 1.165) is 6.07 Å². The van der Waals surface area contributed by atoms with Gasteiger partial charge >= 0.3 is 5.69 Å². The van der Waals surface area contributed by atoms with Crippen molar-refractivity contribution in [3.63, 3.8) is 0 Å². The molecule has 0 N–H and O–H groups in total. The fraction of sp³-hybridized carbons (Fsp3) is 0.500. The van der Waals surface area contributed by atoms with Crippen LogP contribution in [0.1, 0.15) is 20.8 Å². The van der Waals surface area contributed by atoms with Crippen molar-refractivity contribution >= 4 is 25.6 Å². The van der Waals surface area contributed by atoms with E-state index in [4.69, 9.17) is 16.0 Å². The standard InChI is InChI=1S/C12H17ClFNO3Si/c1-12(2,3)19(4,5)18-8-6-9(13)11(14)10(7-8)15(16)17/h6-7H,1-5H3. The summed E-state index contributed by atoms with van der Waals surface area (Å²) in [5.74, 6) is -0.793. The van der Waals surface area contributed by atoms with Gasteiger partial charge in [-0.1, -0.05) is 32.4 Å². The van der Waals surface area contributed by atoms with E-state index in [9.17, 15) is 14.5 Å². The highest BCUT2D eigenvalue weighted by Gasteiger charge is 2.39. The number of nitro benzene ring substituents is 1. The number of nitrogens with zero attached hydrogens (tertiary/aromatic N) is 1. The Balaban J connectivity index is 3.21. The van der Waals surface area contributed by atoms with Crippen LogP contribution in [0.2, 0.25) is 23.2 Å². The van der Waals surface area contributed by atoms with Gasteiger partial charge in [0.25, 0.3) is 0 Å². The van der Waals surface area contributed by atoms with Crippen LogP contribution in [-0.2, 0) is 0 Å². The van der Waals surface area contributed by atoms with E-state index in [2.05, 4.69) is 0 Å². The quantitative estimate of drug-likeness (QED) is 0.459. The van der Waals surface area contributed by atoms with Crippen molar-refractivity contribution in [1.29, 1.82) is 0 Å². The van der Waals surface area contributed by atoms with Crippen LogP contribution in [0, 0.1) is 15.9 Å². The lowest BCUT2D eigenvalue weighted by Gasteiger charge is -2.36. The molecule has 0 aliphatic heterocycles. The number of halogens is 2. The SMILES string of the molecule is CC(C)(C)[Si](C)(C)Oc1cc(Cl)c(F)c([N+](=O)[O-])c1. The molecule has 4 nitrogen and oxygen atoms in total. The fourth-order valence-corrected chi connectivity index (χ4v) is 2.41. The summed E-state index contributed by atoms with van der Waals surface area (Å²) in [6.07, 6.45) is 0. The van der Waals surface area contributed by atoms with Gasteiger partial charge in [-0.15, -0.1) is 0 Å². The third kappa shape index (κ3) is 3.45. The molecule has 0 atom stereocenters. The van der Waals surface area contributed by atoms with E-state index < -0.39 is 24.7 Å². The molecule has 106 valence electrons. The highest BCUT2D eigenvalue weighted by atomic mass is 35.5. The lowest BCUT2D eigenvalue weighted by Crippen LogP contribution is -2.43. The summed E-state index contributed by atoms with van der Waals surface area (Å²) >= 11 is 5.66. The van der Waals surface area contributed by atoms with Gasteiger partial charge in [0.05, 0.1) is 16.0 Å². The predicted octanol–water partition coefficient (Wildman–Crippen LogP) is 4.77. The third-order valence-electron chi connectivity index (χ3n) is 3.36. The van der Waals surface area contributed by atoms with Gasteiger partial charge in [0.1, 0.15) is 5.75 Å². The molecule has 0 unspecified atom stereocenters. The molecular formula is C12H17ClFNO3Si. The van der Waals surface area contributed by atoms with Crippen LogP contribution < -0.4 is 4.43 Å². The molecule has 0 saturated carbocycles. The zero-order valence-corrected chi connectivity index (χ0v) is 13.3. The molecule has 0 bridgehead atoms. The molecule has 0 radical (unpaired) electrons. The maximum atomic E-state index is 13.5. The zero-order valence-electron chi connectivity index (χ0n) is 11.6. The number of benzene rings is 1. The number of hydrogen-bond acceptors (Lipinski definition) is 3. The maximum Gasteiger partial charge on any atom is 0.310 e. The van der Waals surface area contributed by atoms with Crippen molar-refractivity contribution in [1.82, 2.24) is 0 Å². The van der Waals surface area contributed by atoms with Crippen LogP contribution in [0.5, 0.6) is 5.75 Å². The second-order valence-electron chi connectivity index (χ2n) is 5.86. The highest BCUT2D eigenvalue weighted by Crippen LogP contribution is 2.39. The van der Waals surface area contributed by atoms with Crippen LogP contribution in [0.15, 0.2) is 12.1 Å². The topological polar surface area (TPSA) is 52.4 Å². The molecule has 0 aromatic heterocycles. The molecule has 0 spiro atoms. The Hall–Kier alpha value is -1.14. The van der Waals surface area contributed by atoms with Crippen molar-refractivity contribution in [2.45, 2.75) is 38.9 Å². The van der Waals surface area contributed by atoms with Crippen LogP contribution in [0.3, 0.4) is 0 Å². The summed E-state index contributed by atoms with van der Waals surface area (Å²) < 4.78 is 19.4. The monoisotopic (exact) mass is 305 g/mol. The molecule has 1 aromatic carbocycles. The summed E-state index contributed by atoms with van der Waals surface area (Å²) in [7, 11) is -2.15. The fourth-order valence-electron chi connectivity index (χ4n) is 1.19. The largest absolute Gasteiger partial charge is 0.543 e. The Morgan fingerprint density at radius 3 is 2.32 bits per heavy atom. The minimum Gasteiger partial charge on any atom is -0.543 e. The number of hydrogen-bond donors (Lipinski definition) is 0. The average molecular weight is 306 g/mol. The Morgan fingerprint density at radius 1 is 1.37 bits per heavy atom. The van der Waals surface area contributed by atoms with Gasteiger partial charge in [0.15, 0.2) is 0 Å². The molecule has 0 aliphatic rings. The summed E-state index contributed by atoms with van der Waals surface area (Å²) in [5, 5.41) is 10.4. The first kappa shape index (κ1) is 15.9. The van der Waals surface area contributed by atoms with E-state index in [1.54, 1.807) is 0 Å². The Morgan fingerprint density at radius 2 is 1.89 bits per heavy atom. The van der Waals surface area contributed by atoms with Gasteiger partial charge < -0.3 is 4.43 Å². The molecule has 0 aliphatic carbocycles. The summed E-state index contributed by atoms with van der Waals surface area (Å²) in [4.78, 5) is 9.95. The van der Waals surface area contributed by atoms with E-state index in [0.29, 0.717) is 0 Å². The molecular weight excluding hydrogens is 289 g/mol. The average Bonchev–Trinajstić information content (AvgIpc) is 2.20. The highest BCUT2D eigenvalue weighted by molar-refractivity contribution is 6.74. The molecule has 0 heterocycles. The van der Waals surface area contributed by atoms with E-state index in [1.165, 1.54) is 6.07 Å². The van der Waals surface area contributed by atoms with Gasteiger partial charge in [-0.3, -0.25) is 10.1 Å². The third-order valence-corrected chi connectivity index (χ3v) is 7.99. The summed E-state index contributed by atoms with van der Waals surface area (Å²) in [5.41, 5.74) is -0.666. The van der Waals surface area contributed by atoms with Crippen LogP contribution >= 0.6 is 11.6 Å². The molecule has 1 rings (SSSR count). The molecule has 7 heteroatoms. The van der Waals surface area contributed by atoms with Crippen LogP contribution in [0.4, 0.5) is 10.1 Å². The Labute approximate surface area is 117 Å². The molecule has 0 fully saturated rings. The van der Waals surface area contributed by atoms with Gasteiger partial charge in [-0.2, -0.15) is 4.39 Å². The molecule has 1 aromatic rings. The Kier molecular flexibility index (Phi) is 4.26. The first-order valence-corrected chi connectivity index (χ1v) is 9.07. The van der Waals surface area contributed by atoms with Gasteiger partial charge in [0, 0.05) is 6.07 Å². The van der Waals surface area contributed by atoms with E-state index >= 15 is 0 Å². The van der Waals surface area contributed by atoms with Crippen LogP contribution in [0.25, 0.3) is 0 Å². The second-order valence-corrected chi connectivity index (χ2v) is 11.0. The molecule has 0 amide bonds. The van der Waals surface area contributed by atoms with Crippen molar-refractivity contribution in [3.8, 4) is 5.75 Å². The van der Waals surface area contributed by atoms with E-state index in [1.807, 2.05) is 33.9 Å².